The minimum absolute atomic E-state index is 0.300. The van der Waals surface area contributed by atoms with Gasteiger partial charge in [0.05, 0.1) is 5.92 Å². The van der Waals surface area contributed by atoms with Crippen molar-refractivity contribution in [3.8, 4) is 0 Å². The number of hydrogen-bond donors (Lipinski definition) is 1. The van der Waals surface area contributed by atoms with Crippen molar-refractivity contribution >= 4 is 16.1 Å². The second-order valence-electron chi connectivity index (χ2n) is 3.39. The Balaban J connectivity index is 2.48. The Morgan fingerprint density at radius 1 is 1.56 bits per heavy atom. The number of ether oxygens (including phenoxy) is 1. The summed E-state index contributed by atoms with van der Waals surface area (Å²) in [5.74, 6) is -1.49. The standard InChI is InChI=1S/C7H11F2NO5S/c8-7(9,16(12,13)14)4-15-6(11)5-1-2-10-3-5/h5,10H,1-4H2,(H,12,13,14)/p-1. The van der Waals surface area contributed by atoms with Crippen LogP contribution in [0, 0.1) is 5.92 Å². The van der Waals surface area contributed by atoms with Gasteiger partial charge in [-0.05, 0) is 13.0 Å². The van der Waals surface area contributed by atoms with E-state index in [4.69, 9.17) is 0 Å². The van der Waals surface area contributed by atoms with Gasteiger partial charge in [0.15, 0.2) is 16.7 Å². The van der Waals surface area contributed by atoms with Gasteiger partial charge in [-0.3, -0.25) is 4.79 Å². The molecule has 94 valence electrons. The average molecular weight is 258 g/mol. The average Bonchev–Trinajstić information content (AvgIpc) is 2.65. The molecule has 1 rings (SSSR count). The zero-order valence-electron chi connectivity index (χ0n) is 8.11. The van der Waals surface area contributed by atoms with Crippen LogP contribution in [0.2, 0.25) is 0 Å². The number of carbonyl (C=O) groups excluding carboxylic acids is 1. The number of nitrogens with one attached hydrogen (secondary N) is 1. The van der Waals surface area contributed by atoms with Crippen molar-refractivity contribution in [2.24, 2.45) is 5.92 Å². The maximum atomic E-state index is 12.6. The summed E-state index contributed by atoms with van der Waals surface area (Å²) in [4.78, 5) is 11.1. The first-order chi connectivity index (χ1) is 7.24. The normalized spacial score (nSPS) is 22.1. The van der Waals surface area contributed by atoms with Gasteiger partial charge >= 0.3 is 11.2 Å². The summed E-state index contributed by atoms with van der Waals surface area (Å²) in [6, 6.07) is 0. The smallest absolute Gasteiger partial charge is 0.367 e. The molecule has 1 fully saturated rings. The Morgan fingerprint density at radius 2 is 2.19 bits per heavy atom. The molecule has 1 N–H and O–H groups in total. The van der Waals surface area contributed by atoms with Crippen LogP contribution in [0.1, 0.15) is 6.42 Å². The van der Waals surface area contributed by atoms with Crippen molar-refractivity contribution in [2.75, 3.05) is 19.7 Å². The Hall–Kier alpha value is -0.800. The van der Waals surface area contributed by atoms with Crippen LogP contribution in [0.4, 0.5) is 8.78 Å². The molecule has 1 heterocycles. The van der Waals surface area contributed by atoms with E-state index in [1.54, 1.807) is 0 Å². The van der Waals surface area contributed by atoms with Crippen LogP contribution >= 0.6 is 0 Å². The van der Waals surface area contributed by atoms with E-state index < -0.39 is 33.9 Å². The highest BCUT2D eigenvalue weighted by atomic mass is 32.2. The summed E-state index contributed by atoms with van der Waals surface area (Å²) < 4.78 is 59.5. The predicted molar refractivity (Wildman–Crippen MR) is 46.6 cm³/mol. The molecule has 0 bridgehead atoms. The highest BCUT2D eigenvalue weighted by Crippen LogP contribution is 2.21. The fraction of sp³-hybridized carbons (Fsp3) is 0.857. The van der Waals surface area contributed by atoms with Gasteiger partial charge in [0.1, 0.15) is 0 Å². The molecule has 1 aliphatic heterocycles. The molecule has 0 aromatic rings. The fourth-order valence-electron chi connectivity index (χ4n) is 1.20. The first kappa shape index (κ1) is 13.3. The van der Waals surface area contributed by atoms with E-state index in [0.29, 0.717) is 19.5 Å². The Kier molecular flexibility index (Phi) is 3.81. The van der Waals surface area contributed by atoms with Crippen LogP contribution in [-0.2, 0) is 19.6 Å². The lowest BCUT2D eigenvalue weighted by molar-refractivity contribution is -0.153. The number of esters is 1. The van der Waals surface area contributed by atoms with Gasteiger partial charge in [-0.15, -0.1) is 0 Å². The largest absolute Gasteiger partial charge is 0.743 e. The predicted octanol–water partition coefficient (Wildman–Crippen LogP) is -0.723. The van der Waals surface area contributed by atoms with E-state index in [2.05, 4.69) is 10.1 Å². The molecule has 1 atom stereocenters. The molecule has 0 amide bonds. The van der Waals surface area contributed by atoms with Crippen LogP contribution in [0.15, 0.2) is 0 Å². The lowest BCUT2D eigenvalue weighted by Gasteiger charge is -2.20. The summed E-state index contributed by atoms with van der Waals surface area (Å²) in [5, 5.41) is -1.76. The number of alkyl halides is 2. The second-order valence-corrected chi connectivity index (χ2v) is 4.89. The molecule has 16 heavy (non-hydrogen) atoms. The molecular weight excluding hydrogens is 248 g/mol. The van der Waals surface area contributed by atoms with Gasteiger partial charge in [0, 0.05) is 6.54 Å². The molecule has 0 radical (unpaired) electrons. The van der Waals surface area contributed by atoms with Gasteiger partial charge in [-0.25, -0.2) is 8.42 Å². The van der Waals surface area contributed by atoms with Gasteiger partial charge in [-0.2, -0.15) is 8.78 Å². The molecule has 0 saturated carbocycles. The van der Waals surface area contributed by atoms with Crippen LogP contribution < -0.4 is 5.32 Å². The zero-order valence-corrected chi connectivity index (χ0v) is 8.93. The van der Waals surface area contributed by atoms with Crippen LogP contribution in [-0.4, -0.2) is 43.9 Å². The van der Waals surface area contributed by atoms with E-state index in [1.165, 1.54) is 0 Å². The third-order valence-corrected chi connectivity index (χ3v) is 2.99. The highest BCUT2D eigenvalue weighted by Gasteiger charge is 2.40. The third-order valence-electron chi connectivity index (χ3n) is 2.14. The topological polar surface area (TPSA) is 95.5 Å². The molecule has 9 heteroatoms. The molecule has 0 spiro atoms. The SMILES string of the molecule is O=C(OCC(F)(F)S(=O)(=O)[O-])C1CCNC1. The van der Waals surface area contributed by atoms with E-state index in [0.717, 1.165) is 0 Å². The Bertz CT molecular complexity index is 363. The zero-order chi connectivity index (χ0) is 12.4. The van der Waals surface area contributed by atoms with Crippen LogP contribution in [0.3, 0.4) is 0 Å². The van der Waals surface area contributed by atoms with E-state index in [9.17, 15) is 26.5 Å². The molecular formula is C7H10F2NO5S-. The Labute approximate surface area is 90.7 Å². The Morgan fingerprint density at radius 3 is 2.62 bits per heavy atom. The maximum Gasteiger partial charge on any atom is 0.367 e. The van der Waals surface area contributed by atoms with Crippen LogP contribution in [0.5, 0.6) is 0 Å². The molecule has 0 aromatic heterocycles. The number of rotatable bonds is 4. The highest BCUT2D eigenvalue weighted by molar-refractivity contribution is 7.86. The first-order valence-corrected chi connectivity index (χ1v) is 5.85. The summed E-state index contributed by atoms with van der Waals surface area (Å²) in [6.07, 6.45) is 0.439. The lowest BCUT2D eigenvalue weighted by atomic mass is 10.1. The fourth-order valence-corrected chi connectivity index (χ4v) is 1.40. The molecule has 1 unspecified atom stereocenters. The van der Waals surface area contributed by atoms with E-state index in [-0.39, 0.29) is 0 Å². The van der Waals surface area contributed by atoms with Crippen molar-refractivity contribution in [2.45, 2.75) is 11.7 Å². The monoisotopic (exact) mass is 258 g/mol. The van der Waals surface area contributed by atoms with Crippen molar-refractivity contribution in [3.05, 3.63) is 0 Å². The van der Waals surface area contributed by atoms with Gasteiger partial charge in [0.2, 0.25) is 0 Å². The minimum Gasteiger partial charge on any atom is -0.743 e. The van der Waals surface area contributed by atoms with Crippen molar-refractivity contribution in [3.63, 3.8) is 0 Å². The summed E-state index contributed by atoms with van der Waals surface area (Å²) in [6.45, 7) is -0.862. The summed E-state index contributed by atoms with van der Waals surface area (Å²) in [5.41, 5.74) is 0. The van der Waals surface area contributed by atoms with Gasteiger partial charge in [-0.1, -0.05) is 0 Å². The van der Waals surface area contributed by atoms with Crippen molar-refractivity contribution in [1.29, 1.82) is 0 Å². The van der Waals surface area contributed by atoms with Crippen molar-refractivity contribution < 1.29 is 31.3 Å². The van der Waals surface area contributed by atoms with Crippen molar-refractivity contribution in [1.82, 2.24) is 5.32 Å². The van der Waals surface area contributed by atoms with E-state index >= 15 is 0 Å². The summed E-state index contributed by atoms with van der Waals surface area (Å²) in [7, 11) is -5.80. The first-order valence-electron chi connectivity index (χ1n) is 4.44. The maximum absolute atomic E-state index is 12.6. The molecule has 1 aliphatic rings. The molecule has 1 saturated heterocycles. The quantitative estimate of drug-likeness (QED) is 0.528. The van der Waals surface area contributed by atoms with E-state index in [1.807, 2.05) is 0 Å². The molecule has 0 aromatic carbocycles. The molecule has 6 nitrogen and oxygen atoms in total. The second kappa shape index (κ2) is 4.60. The summed E-state index contributed by atoms with van der Waals surface area (Å²) >= 11 is 0. The minimum atomic E-state index is -5.80. The third kappa shape index (κ3) is 3.09. The number of carbonyl (C=O) groups is 1. The lowest BCUT2D eigenvalue weighted by Crippen LogP contribution is -2.36. The van der Waals surface area contributed by atoms with Gasteiger partial charge < -0.3 is 14.6 Å². The van der Waals surface area contributed by atoms with Crippen LogP contribution in [0.25, 0.3) is 0 Å². The number of halogens is 2. The van der Waals surface area contributed by atoms with Gasteiger partial charge in [0.25, 0.3) is 0 Å². The molecule has 0 aliphatic carbocycles. The number of hydrogen-bond acceptors (Lipinski definition) is 6.